The summed E-state index contributed by atoms with van der Waals surface area (Å²) in [6.45, 7) is 6.64. The summed E-state index contributed by atoms with van der Waals surface area (Å²) in [4.78, 5) is 0. The Kier molecular flexibility index (Phi) is 28.8. The van der Waals surface area contributed by atoms with E-state index in [4.69, 9.17) is 14.2 Å². The third-order valence-electron chi connectivity index (χ3n) is 5.33. The third kappa shape index (κ3) is 28.8. The maximum atomic E-state index is 10.2. The number of hydrogen-bond donors (Lipinski definition) is 0. The topological polar surface area (TPSA) is 94.1 Å². The van der Waals surface area contributed by atoms with Crippen molar-refractivity contribution in [2.45, 2.75) is 104 Å². The Bertz CT molecular complexity index is 463. The standard InChI is InChI=1S/C23H48O7S.Na/c1-3-5-7-9-10-12-15-23(14-11-8-6-4-2)16-19-28-21-20-27-17-13-18-29-22-30-31(24,25)26;/h23H,3-22H2,1-2H3,(H,24,25,26);/q;+1/p-1. The fraction of sp³-hybridized carbons (Fsp3) is 1.00. The van der Waals surface area contributed by atoms with E-state index < -0.39 is 17.2 Å². The van der Waals surface area contributed by atoms with E-state index in [-0.39, 0.29) is 36.2 Å². The van der Waals surface area contributed by atoms with Crippen LogP contribution in [0.25, 0.3) is 0 Å². The first-order valence-electron chi connectivity index (χ1n) is 12.3. The van der Waals surface area contributed by atoms with Crippen LogP contribution in [0.5, 0.6) is 0 Å². The molecule has 0 heterocycles. The Labute approximate surface area is 219 Å². The molecule has 0 radical (unpaired) electrons. The summed E-state index contributed by atoms with van der Waals surface area (Å²) in [6, 6.07) is 0. The van der Waals surface area contributed by atoms with Gasteiger partial charge >= 0.3 is 29.6 Å². The van der Waals surface area contributed by atoms with Crippen LogP contribution in [-0.2, 0) is 28.8 Å². The van der Waals surface area contributed by atoms with Crippen LogP contribution in [0.4, 0.5) is 0 Å². The Morgan fingerprint density at radius 3 is 1.72 bits per heavy atom. The molecule has 0 aromatic heterocycles. The van der Waals surface area contributed by atoms with Crippen molar-refractivity contribution in [1.82, 2.24) is 0 Å². The Balaban J connectivity index is 0. The monoisotopic (exact) mass is 490 g/mol. The first kappa shape index (κ1) is 34.9. The fourth-order valence-electron chi connectivity index (χ4n) is 3.49. The van der Waals surface area contributed by atoms with Gasteiger partial charge in [-0.1, -0.05) is 90.9 Å². The predicted molar refractivity (Wildman–Crippen MR) is 123 cm³/mol. The van der Waals surface area contributed by atoms with E-state index in [0.717, 1.165) is 18.9 Å². The average molecular weight is 491 g/mol. The quantitative estimate of drug-likeness (QED) is 0.0638. The van der Waals surface area contributed by atoms with E-state index in [0.29, 0.717) is 26.2 Å². The molecular formula is C23H47NaO7S. The van der Waals surface area contributed by atoms with Crippen LogP contribution in [0.3, 0.4) is 0 Å². The number of hydrogen-bond acceptors (Lipinski definition) is 7. The van der Waals surface area contributed by atoms with Crippen molar-refractivity contribution >= 4 is 10.4 Å². The van der Waals surface area contributed by atoms with E-state index in [9.17, 15) is 13.0 Å². The molecule has 0 bridgehead atoms. The van der Waals surface area contributed by atoms with E-state index in [1.807, 2.05) is 0 Å². The van der Waals surface area contributed by atoms with Gasteiger partial charge in [0.1, 0.15) is 0 Å². The van der Waals surface area contributed by atoms with Gasteiger partial charge in [-0.25, -0.2) is 8.42 Å². The zero-order chi connectivity index (χ0) is 23.0. The summed E-state index contributed by atoms with van der Waals surface area (Å²) in [5.74, 6) is 0.779. The molecule has 0 spiro atoms. The van der Waals surface area contributed by atoms with Gasteiger partial charge in [0.15, 0.2) is 6.79 Å². The molecule has 9 heteroatoms. The molecule has 1 atom stereocenters. The minimum atomic E-state index is -4.68. The largest absolute Gasteiger partial charge is 1.00 e. The summed E-state index contributed by atoms with van der Waals surface area (Å²) >= 11 is 0. The Hall–Kier alpha value is 0.750. The number of ether oxygens (including phenoxy) is 3. The van der Waals surface area contributed by atoms with Crippen LogP contribution in [0.1, 0.15) is 104 Å². The molecule has 0 saturated carbocycles. The van der Waals surface area contributed by atoms with Crippen molar-refractivity contribution in [2.75, 3.05) is 39.8 Å². The van der Waals surface area contributed by atoms with Gasteiger partial charge in [0, 0.05) is 13.2 Å². The average Bonchev–Trinajstić information content (AvgIpc) is 2.73. The molecule has 0 aromatic rings. The van der Waals surface area contributed by atoms with Gasteiger partial charge in [-0.2, -0.15) is 0 Å². The van der Waals surface area contributed by atoms with Gasteiger partial charge < -0.3 is 18.8 Å². The molecule has 0 N–H and O–H groups in total. The van der Waals surface area contributed by atoms with Crippen LogP contribution >= 0.6 is 0 Å². The summed E-state index contributed by atoms with van der Waals surface area (Å²) in [5, 5.41) is 0. The van der Waals surface area contributed by atoms with E-state index >= 15 is 0 Å². The van der Waals surface area contributed by atoms with Crippen LogP contribution in [0.2, 0.25) is 0 Å². The summed E-state index contributed by atoms with van der Waals surface area (Å²) in [6.07, 6.45) is 17.8. The van der Waals surface area contributed by atoms with Crippen LogP contribution in [-0.4, -0.2) is 52.8 Å². The molecule has 0 aliphatic carbocycles. The maximum absolute atomic E-state index is 10.2. The van der Waals surface area contributed by atoms with Crippen molar-refractivity contribution in [2.24, 2.45) is 5.92 Å². The fourth-order valence-corrected chi connectivity index (χ4v) is 3.68. The predicted octanol–water partition coefficient (Wildman–Crippen LogP) is 2.59. The Morgan fingerprint density at radius 1 is 0.625 bits per heavy atom. The smallest absolute Gasteiger partial charge is 0.725 e. The van der Waals surface area contributed by atoms with Crippen LogP contribution in [0.15, 0.2) is 0 Å². The summed E-state index contributed by atoms with van der Waals surface area (Å²) in [5.41, 5.74) is 0. The zero-order valence-corrected chi connectivity index (χ0v) is 23.8. The van der Waals surface area contributed by atoms with Crippen molar-refractivity contribution in [3.8, 4) is 0 Å². The van der Waals surface area contributed by atoms with Gasteiger partial charge in [0.05, 0.1) is 19.8 Å². The molecule has 0 aliphatic heterocycles. The summed E-state index contributed by atoms with van der Waals surface area (Å²) in [7, 11) is -4.68. The Morgan fingerprint density at radius 2 is 1.12 bits per heavy atom. The van der Waals surface area contributed by atoms with E-state index in [1.165, 1.54) is 77.0 Å². The SMILES string of the molecule is CCCCCCCCC(CCCCCC)CCOCCOCCCOCOS(=O)(=O)[O-].[Na+]. The maximum Gasteiger partial charge on any atom is 1.00 e. The molecule has 0 aliphatic rings. The number of rotatable bonds is 25. The molecule has 32 heavy (non-hydrogen) atoms. The molecule has 188 valence electrons. The second-order valence-corrected chi connectivity index (χ2v) is 9.24. The third-order valence-corrected chi connectivity index (χ3v) is 5.71. The molecule has 7 nitrogen and oxygen atoms in total. The molecule has 0 rings (SSSR count). The molecule has 0 amide bonds. The molecular weight excluding hydrogens is 443 g/mol. The molecule has 0 fully saturated rings. The number of unbranched alkanes of at least 4 members (excludes halogenated alkanes) is 8. The van der Waals surface area contributed by atoms with Gasteiger partial charge in [0.25, 0.3) is 0 Å². The van der Waals surface area contributed by atoms with E-state index in [2.05, 4.69) is 18.0 Å². The van der Waals surface area contributed by atoms with Gasteiger partial charge in [0.2, 0.25) is 10.4 Å². The first-order valence-corrected chi connectivity index (χ1v) is 13.7. The van der Waals surface area contributed by atoms with Gasteiger partial charge in [-0.15, -0.1) is 0 Å². The van der Waals surface area contributed by atoms with Crippen LogP contribution in [0, 0.1) is 5.92 Å². The first-order chi connectivity index (χ1) is 15.0. The van der Waals surface area contributed by atoms with Crippen molar-refractivity contribution in [1.29, 1.82) is 0 Å². The van der Waals surface area contributed by atoms with Gasteiger partial charge in [-0.3, -0.25) is 4.18 Å². The molecule has 0 saturated heterocycles. The van der Waals surface area contributed by atoms with Crippen molar-refractivity contribution in [3.63, 3.8) is 0 Å². The normalized spacial score (nSPS) is 12.6. The minimum Gasteiger partial charge on any atom is -0.725 e. The van der Waals surface area contributed by atoms with Crippen molar-refractivity contribution < 1.29 is 60.9 Å². The molecule has 1 unspecified atom stereocenters. The van der Waals surface area contributed by atoms with E-state index in [1.54, 1.807) is 0 Å². The second-order valence-electron chi connectivity index (χ2n) is 8.19. The summed E-state index contributed by atoms with van der Waals surface area (Å²) < 4.78 is 50.7. The second kappa shape index (κ2) is 26.4. The van der Waals surface area contributed by atoms with Crippen LogP contribution < -0.4 is 29.6 Å². The van der Waals surface area contributed by atoms with Gasteiger partial charge in [-0.05, 0) is 18.8 Å². The zero-order valence-electron chi connectivity index (χ0n) is 21.0. The molecule has 0 aromatic carbocycles. The minimum absolute atomic E-state index is 0. The van der Waals surface area contributed by atoms with Crippen molar-refractivity contribution in [3.05, 3.63) is 0 Å².